The van der Waals surface area contributed by atoms with Gasteiger partial charge in [0.05, 0.1) is 39.4 Å². The van der Waals surface area contributed by atoms with Crippen LogP contribution >= 0.6 is 27.3 Å². The SMILES string of the molecule is COc1cc(C=NNc2nc(C)cs2)cc(Br)c1Oc1ccc([N+](=O)[O-])cc1[N+](=O)[O-]. The van der Waals surface area contributed by atoms with Gasteiger partial charge in [-0.2, -0.15) is 5.10 Å². The summed E-state index contributed by atoms with van der Waals surface area (Å²) in [5, 5.41) is 28.9. The van der Waals surface area contributed by atoms with Gasteiger partial charge in [0, 0.05) is 11.4 Å². The number of aromatic nitrogens is 1. The molecule has 1 aromatic heterocycles. The molecule has 1 N–H and O–H groups in total. The third-order valence-electron chi connectivity index (χ3n) is 3.81. The summed E-state index contributed by atoms with van der Waals surface area (Å²) in [5.74, 6) is 0.269. The van der Waals surface area contributed by atoms with Crippen LogP contribution in [0.15, 0.2) is 45.3 Å². The number of hydrogen-bond acceptors (Lipinski definition) is 10. The van der Waals surface area contributed by atoms with Crippen molar-refractivity contribution in [2.75, 3.05) is 12.5 Å². The van der Waals surface area contributed by atoms with Gasteiger partial charge in [-0.1, -0.05) is 0 Å². The summed E-state index contributed by atoms with van der Waals surface area (Å²) in [7, 11) is 1.41. The van der Waals surface area contributed by atoms with E-state index in [-0.39, 0.29) is 17.2 Å². The van der Waals surface area contributed by atoms with E-state index in [2.05, 4.69) is 31.4 Å². The minimum Gasteiger partial charge on any atom is -0.493 e. The highest BCUT2D eigenvalue weighted by Crippen LogP contribution is 2.42. The van der Waals surface area contributed by atoms with E-state index in [0.717, 1.165) is 23.9 Å². The molecular weight excluding hydrogens is 494 g/mol. The lowest BCUT2D eigenvalue weighted by Crippen LogP contribution is -1.99. The summed E-state index contributed by atoms with van der Waals surface area (Å²) in [4.78, 5) is 25.0. The molecule has 0 bridgehead atoms. The maximum absolute atomic E-state index is 11.3. The van der Waals surface area contributed by atoms with E-state index in [1.807, 2.05) is 12.3 Å². The Morgan fingerprint density at radius 2 is 1.97 bits per heavy atom. The van der Waals surface area contributed by atoms with Crippen LogP contribution in [0, 0.1) is 27.2 Å². The first-order valence-electron chi connectivity index (χ1n) is 8.48. The molecule has 13 heteroatoms. The van der Waals surface area contributed by atoms with Gasteiger partial charge in [-0.15, -0.1) is 11.3 Å². The lowest BCUT2D eigenvalue weighted by Gasteiger charge is -2.13. The van der Waals surface area contributed by atoms with Crippen molar-refractivity contribution >= 4 is 50.0 Å². The van der Waals surface area contributed by atoms with E-state index in [0.29, 0.717) is 15.2 Å². The largest absolute Gasteiger partial charge is 0.493 e. The number of hydrogen-bond donors (Lipinski definition) is 1. The molecule has 160 valence electrons. The minimum absolute atomic E-state index is 0.167. The predicted octanol–water partition coefficient (Wildman–Crippen LogP) is 5.28. The second-order valence-corrected chi connectivity index (χ2v) is 7.68. The molecule has 0 saturated heterocycles. The number of hydrazone groups is 1. The number of benzene rings is 2. The number of nitrogens with one attached hydrogen (secondary N) is 1. The molecule has 1 heterocycles. The van der Waals surface area contributed by atoms with Crippen molar-refractivity contribution < 1.29 is 19.3 Å². The Hall–Kier alpha value is -3.58. The van der Waals surface area contributed by atoms with Crippen molar-refractivity contribution in [3.8, 4) is 17.2 Å². The predicted molar refractivity (Wildman–Crippen MR) is 119 cm³/mol. The zero-order chi connectivity index (χ0) is 22.5. The molecule has 0 aliphatic carbocycles. The fraction of sp³-hybridized carbons (Fsp3) is 0.111. The Kier molecular flexibility index (Phi) is 6.77. The number of methoxy groups -OCH3 is 1. The number of nitro benzene ring substituents is 2. The van der Waals surface area contributed by atoms with E-state index in [9.17, 15) is 20.2 Å². The van der Waals surface area contributed by atoms with Crippen LogP contribution in [0.2, 0.25) is 0 Å². The molecule has 31 heavy (non-hydrogen) atoms. The molecule has 3 rings (SSSR count). The average Bonchev–Trinajstić information content (AvgIpc) is 3.14. The van der Waals surface area contributed by atoms with Crippen LogP contribution in [0.4, 0.5) is 16.5 Å². The Labute approximate surface area is 187 Å². The number of aryl methyl sites for hydroxylation is 1. The normalized spacial score (nSPS) is 10.8. The molecule has 0 atom stereocenters. The molecule has 0 aliphatic heterocycles. The molecule has 0 radical (unpaired) electrons. The van der Waals surface area contributed by atoms with Crippen molar-refractivity contribution in [3.05, 3.63) is 71.7 Å². The second kappa shape index (κ2) is 9.49. The van der Waals surface area contributed by atoms with Crippen LogP contribution in [0.3, 0.4) is 0 Å². The summed E-state index contributed by atoms with van der Waals surface area (Å²) in [6.45, 7) is 1.88. The molecule has 11 nitrogen and oxygen atoms in total. The first kappa shape index (κ1) is 22.1. The van der Waals surface area contributed by atoms with Gasteiger partial charge < -0.3 is 9.47 Å². The molecule has 0 unspecified atom stereocenters. The maximum Gasteiger partial charge on any atom is 0.318 e. The van der Waals surface area contributed by atoms with Gasteiger partial charge in [0.25, 0.3) is 5.69 Å². The zero-order valence-electron chi connectivity index (χ0n) is 16.1. The van der Waals surface area contributed by atoms with E-state index < -0.39 is 21.2 Å². The monoisotopic (exact) mass is 507 g/mol. The number of anilines is 1. The zero-order valence-corrected chi connectivity index (χ0v) is 18.5. The summed E-state index contributed by atoms with van der Waals surface area (Å²) in [6, 6.07) is 6.42. The smallest absolute Gasteiger partial charge is 0.318 e. The topological polar surface area (TPSA) is 142 Å². The lowest BCUT2D eigenvalue weighted by atomic mass is 10.2. The first-order chi connectivity index (χ1) is 14.8. The van der Waals surface area contributed by atoms with Crippen molar-refractivity contribution in [1.29, 1.82) is 0 Å². The van der Waals surface area contributed by atoms with Crippen LogP contribution in [-0.4, -0.2) is 28.2 Å². The summed E-state index contributed by atoms with van der Waals surface area (Å²) >= 11 is 4.78. The lowest BCUT2D eigenvalue weighted by molar-refractivity contribution is -0.394. The molecule has 2 aromatic carbocycles. The summed E-state index contributed by atoms with van der Waals surface area (Å²) in [6.07, 6.45) is 1.54. The average molecular weight is 508 g/mol. The Morgan fingerprint density at radius 1 is 1.19 bits per heavy atom. The molecule has 0 saturated carbocycles. The van der Waals surface area contributed by atoms with Gasteiger partial charge in [0.15, 0.2) is 11.5 Å². The van der Waals surface area contributed by atoms with Gasteiger partial charge in [0.1, 0.15) is 0 Å². The number of rotatable bonds is 8. The van der Waals surface area contributed by atoms with Crippen molar-refractivity contribution in [3.63, 3.8) is 0 Å². The Morgan fingerprint density at radius 3 is 2.58 bits per heavy atom. The van der Waals surface area contributed by atoms with E-state index in [4.69, 9.17) is 9.47 Å². The van der Waals surface area contributed by atoms with E-state index >= 15 is 0 Å². The third-order valence-corrected chi connectivity index (χ3v) is 5.26. The minimum atomic E-state index is -0.754. The van der Waals surface area contributed by atoms with Crippen LogP contribution in [0.5, 0.6) is 17.2 Å². The van der Waals surface area contributed by atoms with E-state index in [1.165, 1.54) is 18.4 Å². The molecule has 0 aliphatic rings. The van der Waals surface area contributed by atoms with Crippen molar-refractivity contribution in [1.82, 2.24) is 4.98 Å². The number of nitro groups is 2. The standard InChI is InChI=1S/C18H14BrN5O6S/c1-10-9-31-18(21-10)22-20-8-11-5-13(19)17(16(6-11)29-2)30-15-4-3-12(23(25)26)7-14(15)24(27)28/h3-9H,1-2H3,(H,21,22). The molecule has 0 amide bonds. The molecular formula is C18H14BrN5O6S. The highest BCUT2D eigenvalue weighted by molar-refractivity contribution is 9.10. The third kappa shape index (κ3) is 5.32. The van der Waals surface area contributed by atoms with Crippen LogP contribution < -0.4 is 14.9 Å². The Balaban J connectivity index is 1.88. The van der Waals surface area contributed by atoms with E-state index in [1.54, 1.807) is 18.3 Å². The highest BCUT2D eigenvalue weighted by Gasteiger charge is 2.23. The van der Waals surface area contributed by atoms with Crippen LogP contribution in [-0.2, 0) is 0 Å². The van der Waals surface area contributed by atoms with Gasteiger partial charge in [-0.05, 0) is 46.6 Å². The molecule has 0 fully saturated rings. The number of nitrogens with zero attached hydrogens (tertiary/aromatic N) is 4. The second-order valence-electron chi connectivity index (χ2n) is 5.97. The molecule has 0 spiro atoms. The van der Waals surface area contributed by atoms with Crippen molar-refractivity contribution in [2.24, 2.45) is 5.10 Å². The number of halogens is 1. The highest BCUT2D eigenvalue weighted by atomic mass is 79.9. The number of ether oxygens (including phenoxy) is 2. The van der Waals surface area contributed by atoms with Gasteiger partial charge in [-0.3, -0.25) is 25.7 Å². The quantitative estimate of drug-likeness (QED) is 0.246. The maximum atomic E-state index is 11.3. The van der Waals surface area contributed by atoms with Crippen LogP contribution in [0.25, 0.3) is 0 Å². The fourth-order valence-corrected chi connectivity index (χ4v) is 3.62. The van der Waals surface area contributed by atoms with Gasteiger partial charge in [-0.25, -0.2) is 4.98 Å². The summed E-state index contributed by atoms with van der Waals surface area (Å²) in [5.41, 5.74) is 3.39. The van der Waals surface area contributed by atoms with Crippen molar-refractivity contribution in [2.45, 2.75) is 6.92 Å². The Bertz CT molecular complexity index is 1180. The number of non-ortho nitro benzene ring substituents is 1. The van der Waals surface area contributed by atoms with Crippen LogP contribution in [0.1, 0.15) is 11.3 Å². The molecule has 3 aromatic rings. The van der Waals surface area contributed by atoms with Gasteiger partial charge >= 0.3 is 5.69 Å². The number of thiazole rings is 1. The summed E-state index contributed by atoms with van der Waals surface area (Å²) < 4.78 is 11.5. The first-order valence-corrected chi connectivity index (χ1v) is 10.1. The van der Waals surface area contributed by atoms with Gasteiger partial charge in [0.2, 0.25) is 10.9 Å². The fourth-order valence-electron chi connectivity index (χ4n) is 2.44.